The van der Waals surface area contributed by atoms with Gasteiger partial charge in [-0.15, -0.1) is 0 Å². The van der Waals surface area contributed by atoms with Crippen molar-refractivity contribution in [3.63, 3.8) is 0 Å². The Kier molecular flexibility index (Phi) is 7.81. The largest absolute Gasteiger partial charge is 0.507 e. The number of carbonyl (C=O) groups is 2. The number of carbonyl (C=O) groups excluding carboxylic acids is 2. The Morgan fingerprint density at radius 1 is 0.884 bits per heavy atom. The van der Waals surface area contributed by atoms with Gasteiger partial charge in [0.1, 0.15) is 29.6 Å². The molecule has 0 saturated carbocycles. The number of amides is 1. The topological polar surface area (TPSA) is 98.2 Å². The molecule has 4 aromatic carbocycles. The fourth-order valence-corrected chi connectivity index (χ4v) is 6.01. The zero-order valence-corrected chi connectivity index (χ0v) is 24.3. The van der Waals surface area contributed by atoms with E-state index in [2.05, 4.69) is 0 Å². The quantitative estimate of drug-likeness (QED) is 0.113. The van der Waals surface area contributed by atoms with E-state index in [-0.39, 0.29) is 11.3 Å². The number of anilines is 1. The van der Waals surface area contributed by atoms with Crippen LogP contribution in [-0.2, 0) is 16.2 Å². The lowest BCUT2D eigenvalue weighted by atomic mass is 9.95. The molecule has 5 aromatic rings. The number of rotatable bonds is 9. The van der Waals surface area contributed by atoms with Crippen molar-refractivity contribution < 1.29 is 28.9 Å². The number of thiazole rings is 1. The van der Waals surface area contributed by atoms with Crippen LogP contribution in [0.3, 0.4) is 0 Å². The summed E-state index contributed by atoms with van der Waals surface area (Å²) in [5.74, 6) is 0.0706. The highest BCUT2D eigenvalue weighted by Crippen LogP contribution is 2.45. The second-order valence-corrected chi connectivity index (χ2v) is 10.8. The van der Waals surface area contributed by atoms with Crippen LogP contribution in [-0.4, -0.2) is 35.5 Å². The minimum Gasteiger partial charge on any atom is -0.507 e. The van der Waals surface area contributed by atoms with Gasteiger partial charge in [-0.3, -0.25) is 14.5 Å². The smallest absolute Gasteiger partial charge is 0.301 e. The predicted octanol–water partition coefficient (Wildman–Crippen LogP) is 6.91. The third-order valence-corrected chi connectivity index (χ3v) is 8.14. The molecule has 1 aliphatic rings. The van der Waals surface area contributed by atoms with Crippen molar-refractivity contribution in [3.05, 3.63) is 119 Å². The molecular formula is C34H28N2O6S. The Morgan fingerprint density at radius 2 is 1.58 bits per heavy atom. The van der Waals surface area contributed by atoms with E-state index >= 15 is 0 Å². The number of aromatic nitrogens is 1. The first-order chi connectivity index (χ1) is 21.0. The molecule has 0 spiro atoms. The fraction of sp³-hybridized carbons (Fsp3) is 0.147. The van der Waals surface area contributed by atoms with Gasteiger partial charge in [0.25, 0.3) is 5.78 Å². The number of methoxy groups -OCH3 is 1. The molecule has 1 atom stereocenters. The predicted molar refractivity (Wildman–Crippen MR) is 166 cm³/mol. The first-order valence-corrected chi connectivity index (χ1v) is 14.5. The molecule has 2 heterocycles. The number of aliphatic hydroxyl groups is 1. The van der Waals surface area contributed by atoms with E-state index in [1.807, 2.05) is 55.5 Å². The average molecular weight is 593 g/mol. The van der Waals surface area contributed by atoms with E-state index in [9.17, 15) is 14.7 Å². The van der Waals surface area contributed by atoms with Crippen molar-refractivity contribution in [2.75, 3.05) is 18.6 Å². The molecule has 1 aliphatic heterocycles. The number of ether oxygens (including phenoxy) is 3. The van der Waals surface area contributed by atoms with Crippen molar-refractivity contribution in [2.45, 2.75) is 19.6 Å². The van der Waals surface area contributed by atoms with Gasteiger partial charge in [0, 0.05) is 5.56 Å². The van der Waals surface area contributed by atoms with Crippen LogP contribution in [0.5, 0.6) is 17.2 Å². The number of fused-ring (bicyclic) bond motifs is 1. The van der Waals surface area contributed by atoms with Gasteiger partial charge in [0.2, 0.25) is 0 Å². The molecule has 1 fully saturated rings. The summed E-state index contributed by atoms with van der Waals surface area (Å²) in [6.07, 6.45) is 0. The zero-order chi connectivity index (χ0) is 29.9. The van der Waals surface area contributed by atoms with E-state index in [0.29, 0.717) is 52.2 Å². The van der Waals surface area contributed by atoms with Crippen molar-refractivity contribution in [3.8, 4) is 17.2 Å². The Labute approximate surface area is 252 Å². The Hall–Kier alpha value is -5.15. The minimum absolute atomic E-state index is 0.0256. The Balaban J connectivity index is 1.42. The summed E-state index contributed by atoms with van der Waals surface area (Å²) in [6, 6.07) is 28.2. The van der Waals surface area contributed by atoms with Crippen molar-refractivity contribution in [2.24, 2.45) is 0 Å². The summed E-state index contributed by atoms with van der Waals surface area (Å²) >= 11 is 1.28. The lowest BCUT2D eigenvalue weighted by Crippen LogP contribution is -2.29. The van der Waals surface area contributed by atoms with E-state index < -0.39 is 17.7 Å². The first kappa shape index (κ1) is 28.0. The van der Waals surface area contributed by atoms with Gasteiger partial charge in [0.15, 0.2) is 5.13 Å². The number of hydrogen-bond donors (Lipinski definition) is 1. The van der Waals surface area contributed by atoms with Crippen LogP contribution in [0.4, 0.5) is 5.13 Å². The molecule has 0 aliphatic carbocycles. The molecule has 43 heavy (non-hydrogen) atoms. The molecule has 216 valence electrons. The van der Waals surface area contributed by atoms with Crippen molar-refractivity contribution in [1.82, 2.24) is 4.98 Å². The molecule has 8 nitrogen and oxygen atoms in total. The summed E-state index contributed by atoms with van der Waals surface area (Å²) in [6.45, 7) is 2.82. The molecule has 9 heteroatoms. The normalized spacial score (nSPS) is 16.0. The first-order valence-electron chi connectivity index (χ1n) is 13.7. The maximum Gasteiger partial charge on any atom is 0.301 e. The van der Waals surface area contributed by atoms with Gasteiger partial charge < -0.3 is 19.3 Å². The zero-order valence-electron chi connectivity index (χ0n) is 23.5. The van der Waals surface area contributed by atoms with E-state index in [1.54, 1.807) is 55.6 Å². The molecular weight excluding hydrogens is 564 g/mol. The number of Topliss-reactive ketones (excluding diaryl/α,β-unsaturated/α-hetero) is 1. The molecule has 1 saturated heterocycles. The molecule has 1 N–H and O–H groups in total. The second kappa shape index (κ2) is 12.0. The molecule has 1 amide bonds. The molecule has 1 aromatic heterocycles. The SMILES string of the molecule is CCOc1ccc2nc(N3C(=O)C(=O)/C(=C(/O)c4ccc(OC)cc4)C3c3ccc(OCc4ccccc4)cc3)sc2c1. The lowest BCUT2D eigenvalue weighted by Gasteiger charge is -2.23. The van der Waals surface area contributed by atoms with E-state index in [1.165, 1.54) is 16.2 Å². The Bertz CT molecular complexity index is 1810. The van der Waals surface area contributed by atoms with Gasteiger partial charge in [-0.05, 0) is 72.6 Å². The highest BCUT2D eigenvalue weighted by Gasteiger charge is 2.48. The summed E-state index contributed by atoms with van der Waals surface area (Å²) < 4.78 is 17.6. The third-order valence-electron chi connectivity index (χ3n) is 7.12. The number of ketones is 1. The third kappa shape index (κ3) is 5.54. The number of aliphatic hydroxyl groups excluding tert-OH is 1. The summed E-state index contributed by atoms with van der Waals surface area (Å²) in [5, 5.41) is 11.8. The second-order valence-electron chi connectivity index (χ2n) is 9.80. The minimum atomic E-state index is -0.919. The lowest BCUT2D eigenvalue weighted by molar-refractivity contribution is -0.132. The monoisotopic (exact) mass is 592 g/mol. The maximum absolute atomic E-state index is 13.6. The van der Waals surface area contributed by atoms with Gasteiger partial charge in [0.05, 0.1) is 35.5 Å². The van der Waals surface area contributed by atoms with Gasteiger partial charge in [-0.2, -0.15) is 0 Å². The number of hydrogen-bond acceptors (Lipinski definition) is 8. The Morgan fingerprint density at radius 3 is 2.28 bits per heavy atom. The average Bonchev–Trinajstić information content (AvgIpc) is 3.58. The van der Waals surface area contributed by atoms with Gasteiger partial charge >= 0.3 is 5.91 Å². The van der Waals surface area contributed by atoms with Crippen LogP contribution in [0, 0.1) is 0 Å². The van der Waals surface area contributed by atoms with Crippen molar-refractivity contribution in [1.29, 1.82) is 0 Å². The maximum atomic E-state index is 13.6. The molecule has 6 rings (SSSR count). The standard InChI is InChI=1S/C34H28N2O6S/c1-3-41-26-17-18-27-28(19-26)43-34(35-27)36-30(22-9-15-25(16-10-22)42-20-21-7-5-4-6-8-21)29(32(38)33(36)39)31(37)23-11-13-24(40-2)14-12-23/h4-19,30,37H,3,20H2,1-2H3/b31-29+. The van der Waals surface area contributed by atoms with Crippen molar-refractivity contribution >= 4 is 44.1 Å². The van der Waals surface area contributed by atoms with Crippen LogP contribution >= 0.6 is 11.3 Å². The van der Waals surface area contributed by atoms with Crippen LogP contribution < -0.4 is 19.1 Å². The molecule has 0 bridgehead atoms. The van der Waals surface area contributed by atoms with E-state index in [0.717, 1.165) is 10.3 Å². The highest BCUT2D eigenvalue weighted by atomic mass is 32.1. The molecule has 1 unspecified atom stereocenters. The summed E-state index contributed by atoms with van der Waals surface area (Å²) in [7, 11) is 1.54. The fourth-order valence-electron chi connectivity index (χ4n) is 4.99. The van der Waals surface area contributed by atoms with Crippen LogP contribution in [0.2, 0.25) is 0 Å². The van der Waals surface area contributed by atoms with Gasteiger partial charge in [-0.1, -0.05) is 53.8 Å². The van der Waals surface area contributed by atoms with Gasteiger partial charge in [-0.25, -0.2) is 4.98 Å². The number of nitrogens with zero attached hydrogens (tertiary/aromatic N) is 2. The molecule has 0 radical (unpaired) electrons. The number of benzene rings is 4. The van der Waals surface area contributed by atoms with Crippen LogP contribution in [0.15, 0.2) is 103 Å². The van der Waals surface area contributed by atoms with E-state index in [4.69, 9.17) is 19.2 Å². The highest BCUT2D eigenvalue weighted by molar-refractivity contribution is 7.22. The summed E-state index contributed by atoms with van der Waals surface area (Å²) in [4.78, 5) is 33.3. The summed E-state index contributed by atoms with van der Waals surface area (Å²) in [5.41, 5.74) is 2.68. The van der Waals surface area contributed by atoms with Crippen LogP contribution in [0.25, 0.3) is 16.0 Å². The van der Waals surface area contributed by atoms with Crippen LogP contribution in [0.1, 0.15) is 29.7 Å².